The standard InChI is InChI=1S/C6H11N5/c1-3-4(7)5(8,9)6(4,10)11-2/h1H,2,7-10H2. The fraction of sp³-hybridized carbons (Fsp3) is 0.500. The van der Waals surface area contributed by atoms with E-state index in [1.807, 2.05) is 0 Å². The van der Waals surface area contributed by atoms with E-state index in [-0.39, 0.29) is 0 Å². The maximum absolute atomic E-state index is 5.57. The van der Waals surface area contributed by atoms with Crippen LogP contribution < -0.4 is 22.9 Å². The third-order valence-corrected chi connectivity index (χ3v) is 2.30. The maximum atomic E-state index is 5.57. The Bertz CT molecular complexity index is 252. The van der Waals surface area contributed by atoms with Crippen molar-refractivity contribution < 1.29 is 0 Å². The molecule has 60 valence electrons. The molecule has 2 atom stereocenters. The minimum atomic E-state index is -1.35. The highest BCUT2D eigenvalue weighted by molar-refractivity contribution is 5.54. The highest BCUT2D eigenvalue weighted by Gasteiger charge is 2.82. The van der Waals surface area contributed by atoms with Gasteiger partial charge in [-0.25, -0.2) is 0 Å². The van der Waals surface area contributed by atoms with Gasteiger partial charge in [-0.15, -0.1) is 6.42 Å². The molecule has 1 fully saturated rings. The normalized spacial score (nSPS) is 46.1. The molecule has 1 saturated carbocycles. The summed E-state index contributed by atoms with van der Waals surface area (Å²) in [5, 5.41) is 0. The minimum absolute atomic E-state index is 1.28. The molecule has 0 bridgehead atoms. The predicted octanol–water partition coefficient (Wildman–Crippen LogP) is -2.70. The van der Waals surface area contributed by atoms with Gasteiger partial charge in [0.25, 0.3) is 0 Å². The van der Waals surface area contributed by atoms with Gasteiger partial charge in [-0.2, -0.15) is 0 Å². The molecule has 1 aliphatic carbocycles. The monoisotopic (exact) mass is 153 g/mol. The Morgan fingerprint density at radius 2 is 1.73 bits per heavy atom. The van der Waals surface area contributed by atoms with Gasteiger partial charge in [0.1, 0.15) is 5.66 Å². The summed E-state index contributed by atoms with van der Waals surface area (Å²) in [6.07, 6.45) is 5.09. The van der Waals surface area contributed by atoms with Gasteiger partial charge in [0, 0.05) is 0 Å². The van der Waals surface area contributed by atoms with Crippen LogP contribution in [0.2, 0.25) is 0 Å². The number of nitrogens with two attached hydrogens (primary N) is 4. The first-order chi connectivity index (χ1) is 4.87. The lowest BCUT2D eigenvalue weighted by Gasteiger charge is -2.04. The largest absolute Gasteiger partial charge is 0.309 e. The second-order valence-electron chi connectivity index (χ2n) is 2.75. The zero-order chi connectivity index (χ0) is 8.91. The molecular weight excluding hydrogens is 142 g/mol. The molecule has 5 heteroatoms. The zero-order valence-corrected chi connectivity index (χ0v) is 6.04. The SMILES string of the molecule is C#CC1(N)C(N)(N)C1(N)N=C. The van der Waals surface area contributed by atoms with Crippen molar-refractivity contribution in [3.8, 4) is 12.3 Å². The van der Waals surface area contributed by atoms with Crippen molar-refractivity contribution in [3.63, 3.8) is 0 Å². The molecule has 1 rings (SSSR count). The minimum Gasteiger partial charge on any atom is -0.309 e. The van der Waals surface area contributed by atoms with Gasteiger partial charge in [0.05, 0.1) is 0 Å². The van der Waals surface area contributed by atoms with Crippen molar-refractivity contribution in [2.45, 2.75) is 16.9 Å². The van der Waals surface area contributed by atoms with Gasteiger partial charge in [-0.05, 0) is 6.72 Å². The number of rotatable bonds is 1. The Morgan fingerprint density at radius 1 is 1.27 bits per heavy atom. The smallest absolute Gasteiger partial charge is 0.174 e. The Labute approximate surface area is 64.8 Å². The van der Waals surface area contributed by atoms with Gasteiger partial charge in [-0.3, -0.25) is 4.99 Å². The molecule has 0 aliphatic heterocycles. The second-order valence-corrected chi connectivity index (χ2v) is 2.75. The van der Waals surface area contributed by atoms with Crippen molar-refractivity contribution in [2.24, 2.45) is 27.9 Å². The first-order valence-electron chi connectivity index (χ1n) is 2.98. The average molecular weight is 153 g/mol. The van der Waals surface area contributed by atoms with E-state index in [4.69, 9.17) is 29.4 Å². The molecule has 11 heavy (non-hydrogen) atoms. The van der Waals surface area contributed by atoms with E-state index in [0.29, 0.717) is 0 Å². The van der Waals surface area contributed by atoms with Crippen LogP contribution in [0.25, 0.3) is 0 Å². The first kappa shape index (κ1) is 8.17. The molecule has 8 N–H and O–H groups in total. The third kappa shape index (κ3) is 0.501. The molecule has 0 heterocycles. The van der Waals surface area contributed by atoms with Crippen LogP contribution in [-0.4, -0.2) is 23.6 Å². The van der Waals surface area contributed by atoms with Crippen LogP contribution in [0.15, 0.2) is 4.99 Å². The van der Waals surface area contributed by atoms with Crippen LogP contribution in [0.4, 0.5) is 0 Å². The summed E-state index contributed by atoms with van der Waals surface area (Å²) >= 11 is 0. The first-order valence-corrected chi connectivity index (χ1v) is 2.98. The molecule has 0 aromatic heterocycles. The predicted molar refractivity (Wildman–Crippen MR) is 43.3 cm³/mol. The lowest BCUT2D eigenvalue weighted by molar-refractivity contribution is 0.564. The molecule has 5 nitrogen and oxygen atoms in total. The highest BCUT2D eigenvalue weighted by atomic mass is 15.4. The fourth-order valence-corrected chi connectivity index (χ4v) is 1.13. The lowest BCUT2D eigenvalue weighted by Crippen LogP contribution is -2.48. The number of terminal acetylenes is 1. The van der Waals surface area contributed by atoms with Crippen LogP contribution in [0, 0.1) is 12.3 Å². The van der Waals surface area contributed by atoms with Crippen molar-refractivity contribution >= 4 is 6.72 Å². The van der Waals surface area contributed by atoms with Gasteiger partial charge in [-0.1, -0.05) is 5.92 Å². The quantitative estimate of drug-likeness (QED) is 0.186. The van der Waals surface area contributed by atoms with Crippen LogP contribution in [0.3, 0.4) is 0 Å². The molecule has 0 radical (unpaired) electrons. The van der Waals surface area contributed by atoms with Gasteiger partial charge in [0.15, 0.2) is 11.2 Å². The third-order valence-electron chi connectivity index (χ3n) is 2.30. The molecule has 0 saturated heterocycles. The summed E-state index contributed by atoms with van der Waals surface area (Å²) in [5.41, 5.74) is 18.2. The molecule has 0 aromatic carbocycles. The maximum Gasteiger partial charge on any atom is 0.174 e. The van der Waals surface area contributed by atoms with Gasteiger partial charge in [0.2, 0.25) is 0 Å². The Morgan fingerprint density at radius 3 is 1.82 bits per heavy atom. The van der Waals surface area contributed by atoms with Crippen LogP contribution >= 0.6 is 0 Å². The van der Waals surface area contributed by atoms with Gasteiger partial charge < -0.3 is 22.9 Å². The molecule has 0 aromatic rings. The Hall–Kier alpha value is -0.930. The summed E-state index contributed by atoms with van der Waals surface area (Å²) in [4.78, 5) is 3.52. The zero-order valence-electron chi connectivity index (χ0n) is 6.04. The number of hydrogen-bond acceptors (Lipinski definition) is 5. The molecule has 1 aliphatic rings. The van der Waals surface area contributed by atoms with Crippen molar-refractivity contribution in [3.05, 3.63) is 0 Å². The average Bonchev–Trinajstić information content (AvgIpc) is 2.32. The Kier molecular flexibility index (Phi) is 1.21. The molecular formula is C6H11N5. The van der Waals surface area contributed by atoms with E-state index in [2.05, 4.69) is 17.6 Å². The van der Waals surface area contributed by atoms with Crippen molar-refractivity contribution in [2.75, 3.05) is 0 Å². The van der Waals surface area contributed by atoms with Gasteiger partial charge >= 0.3 is 0 Å². The molecule has 0 amide bonds. The number of aliphatic imine (C=N–C) groups is 1. The lowest BCUT2D eigenvalue weighted by atomic mass is 10.2. The summed E-state index contributed by atoms with van der Waals surface area (Å²) in [7, 11) is 0. The van der Waals surface area contributed by atoms with Crippen LogP contribution in [-0.2, 0) is 0 Å². The Balaban J connectivity index is 3.13. The number of hydrogen-bond donors (Lipinski definition) is 4. The van der Waals surface area contributed by atoms with E-state index in [1.165, 1.54) is 0 Å². The summed E-state index contributed by atoms with van der Waals surface area (Å²) in [6, 6.07) is 0. The van der Waals surface area contributed by atoms with Crippen molar-refractivity contribution in [1.82, 2.24) is 0 Å². The van der Waals surface area contributed by atoms with E-state index < -0.39 is 16.9 Å². The summed E-state index contributed by atoms with van der Waals surface area (Å²) < 4.78 is 0. The summed E-state index contributed by atoms with van der Waals surface area (Å²) in [6.45, 7) is 3.22. The van der Waals surface area contributed by atoms with E-state index in [9.17, 15) is 0 Å². The van der Waals surface area contributed by atoms with Crippen LogP contribution in [0.1, 0.15) is 0 Å². The highest BCUT2D eigenvalue weighted by Crippen LogP contribution is 2.48. The topological polar surface area (TPSA) is 116 Å². The molecule has 2 unspecified atom stereocenters. The van der Waals surface area contributed by atoms with E-state index in [0.717, 1.165) is 0 Å². The fourth-order valence-electron chi connectivity index (χ4n) is 1.13. The second kappa shape index (κ2) is 1.62. The molecule has 0 spiro atoms. The summed E-state index contributed by atoms with van der Waals surface area (Å²) in [5.74, 6) is 2.22. The van der Waals surface area contributed by atoms with Crippen molar-refractivity contribution in [1.29, 1.82) is 0 Å². The van der Waals surface area contributed by atoms with Crippen LogP contribution in [0.5, 0.6) is 0 Å². The van der Waals surface area contributed by atoms with E-state index in [1.54, 1.807) is 0 Å². The van der Waals surface area contributed by atoms with E-state index >= 15 is 0 Å². The number of nitrogens with zero attached hydrogens (tertiary/aromatic N) is 1.